The molecule has 0 bridgehead atoms. The van der Waals surface area contributed by atoms with Crippen LogP contribution in [0.3, 0.4) is 0 Å². The Balaban J connectivity index is 1.63. The van der Waals surface area contributed by atoms with E-state index in [4.69, 9.17) is 4.74 Å². The number of carboxylic acids is 1. The summed E-state index contributed by atoms with van der Waals surface area (Å²) >= 11 is 2.58. The maximum Gasteiger partial charge on any atom is 0.408 e. The predicted molar refractivity (Wildman–Crippen MR) is 101 cm³/mol. The lowest BCUT2D eigenvalue weighted by Crippen LogP contribution is -2.74. The Morgan fingerprint density at radius 1 is 1.46 bits per heavy atom. The van der Waals surface area contributed by atoms with Gasteiger partial charge in [-0.15, -0.1) is 16.9 Å². The number of carboxylic acid groups (broad SMARTS) is 1. The molecule has 3 rings (SSSR count). The van der Waals surface area contributed by atoms with E-state index >= 15 is 0 Å². The van der Waals surface area contributed by atoms with Crippen LogP contribution in [-0.2, 0) is 21.4 Å². The molecule has 28 heavy (non-hydrogen) atoms. The minimum absolute atomic E-state index is 0.0730. The number of hydrogen-bond donors (Lipinski definition) is 2. The average Bonchev–Trinajstić information content (AvgIpc) is 3.01. The standard InChI is InChI=1S/C15H22N6O5S2/c1-14(2,3)26-13(25)16-8-9(22)21-5-15(11(23)24,6-27-10(8)21)7-28-12-17-18-19-20(12)4/h8,10H,5-7H2,1-4H3,(H,16,25)(H,23,24)/t8?,10-,15?/m1/s1. The molecule has 2 unspecified atom stereocenters. The molecule has 0 spiro atoms. The van der Waals surface area contributed by atoms with E-state index < -0.39 is 29.1 Å². The number of nitrogens with zero attached hydrogens (tertiary/aromatic N) is 5. The molecular formula is C15H22N6O5S2. The molecule has 1 aromatic rings. The van der Waals surface area contributed by atoms with E-state index in [0.717, 1.165) is 0 Å². The zero-order valence-corrected chi connectivity index (χ0v) is 17.5. The highest BCUT2D eigenvalue weighted by Crippen LogP contribution is 2.44. The van der Waals surface area contributed by atoms with Crippen molar-refractivity contribution in [2.24, 2.45) is 12.5 Å². The first-order valence-corrected chi connectivity index (χ1v) is 10.6. The number of amides is 2. The lowest BCUT2D eigenvalue weighted by molar-refractivity contribution is -0.156. The van der Waals surface area contributed by atoms with Crippen molar-refractivity contribution >= 4 is 41.5 Å². The number of rotatable bonds is 5. The van der Waals surface area contributed by atoms with Crippen LogP contribution in [0.1, 0.15) is 20.8 Å². The number of hydrogen-bond acceptors (Lipinski definition) is 9. The Morgan fingerprint density at radius 2 is 2.18 bits per heavy atom. The van der Waals surface area contributed by atoms with Crippen LogP contribution in [0.5, 0.6) is 0 Å². The number of thioether (sulfide) groups is 2. The fraction of sp³-hybridized carbons (Fsp3) is 0.733. The number of aliphatic carboxylic acids is 1. The number of carbonyl (C=O) groups is 3. The van der Waals surface area contributed by atoms with E-state index in [9.17, 15) is 19.5 Å². The summed E-state index contributed by atoms with van der Waals surface area (Å²) in [6.45, 7) is 5.29. The first-order valence-electron chi connectivity index (χ1n) is 8.53. The second kappa shape index (κ2) is 7.43. The van der Waals surface area contributed by atoms with E-state index in [0.29, 0.717) is 10.9 Å². The number of ether oxygens (including phenoxy) is 1. The second-order valence-corrected chi connectivity index (χ2v) is 9.80. The fourth-order valence-electron chi connectivity index (χ4n) is 2.89. The number of β-lactam (4-membered cyclic amide) rings is 1. The SMILES string of the molecule is Cn1nnnc1SCC1(C(=O)O)CS[C@@H]2C(NC(=O)OC(C)(C)C)C(=O)N2C1. The number of aryl methyl sites for hydroxylation is 1. The van der Waals surface area contributed by atoms with Crippen LogP contribution in [0.15, 0.2) is 5.16 Å². The summed E-state index contributed by atoms with van der Waals surface area (Å²) in [4.78, 5) is 38.0. The molecule has 0 radical (unpaired) electrons. The van der Waals surface area contributed by atoms with Crippen molar-refractivity contribution in [2.45, 2.75) is 42.9 Å². The first kappa shape index (κ1) is 20.7. The molecule has 2 N–H and O–H groups in total. The molecule has 2 amide bonds. The molecule has 2 saturated heterocycles. The number of tetrazole rings is 1. The van der Waals surface area contributed by atoms with E-state index in [-0.39, 0.29) is 23.6 Å². The third-order valence-electron chi connectivity index (χ3n) is 4.33. The van der Waals surface area contributed by atoms with Crippen molar-refractivity contribution in [3.8, 4) is 0 Å². The van der Waals surface area contributed by atoms with Crippen molar-refractivity contribution in [1.29, 1.82) is 0 Å². The number of nitrogens with one attached hydrogen (secondary N) is 1. The summed E-state index contributed by atoms with van der Waals surface area (Å²) in [5.41, 5.74) is -1.79. The Labute approximate surface area is 169 Å². The highest BCUT2D eigenvalue weighted by Gasteiger charge is 2.57. The predicted octanol–water partition coefficient (Wildman–Crippen LogP) is 0.182. The lowest BCUT2D eigenvalue weighted by atomic mass is 9.89. The van der Waals surface area contributed by atoms with Crippen molar-refractivity contribution in [1.82, 2.24) is 30.4 Å². The molecule has 11 nitrogen and oxygen atoms in total. The van der Waals surface area contributed by atoms with Crippen LogP contribution in [0.25, 0.3) is 0 Å². The lowest BCUT2D eigenvalue weighted by Gasteiger charge is -2.53. The van der Waals surface area contributed by atoms with Crippen molar-refractivity contribution < 1.29 is 24.2 Å². The van der Waals surface area contributed by atoms with Crippen molar-refractivity contribution in [3.05, 3.63) is 0 Å². The van der Waals surface area contributed by atoms with Crippen LogP contribution >= 0.6 is 23.5 Å². The first-order chi connectivity index (χ1) is 13.0. The number of aromatic nitrogens is 4. The van der Waals surface area contributed by atoms with Gasteiger partial charge in [0, 0.05) is 25.1 Å². The molecule has 0 aromatic carbocycles. The van der Waals surface area contributed by atoms with Gasteiger partial charge in [0.15, 0.2) is 0 Å². The van der Waals surface area contributed by atoms with Gasteiger partial charge < -0.3 is 20.1 Å². The van der Waals surface area contributed by atoms with Gasteiger partial charge in [-0.1, -0.05) is 11.8 Å². The maximum atomic E-state index is 12.5. The van der Waals surface area contributed by atoms with Crippen LogP contribution in [-0.4, -0.2) is 83.3 Å². The molecule has 154 valence electrons. The summed E-state index contributed by atoms with van der Waals surface area (Å²) in [7, 11) is 1.67. The van der Waals surface area contributed by atoms with Gasteiger partial charge in [0.1, 0.15) is 22.4 Å². The zero-order valence-electron chi connectivity index (χ0n) is 15.9. The molecule has 1 aromatic heterocycles. The molecular weight excluding hydrogens is 408 g/mol. The summed E-state index contributed by atoms with van der Waals surface area (Å²) in [5, 5.41) is 23.7. The highest BCUT2D eigenvalue weighted by molar-refractivity contribution is 8.00. The molecule has 13 heteroatoms. The quantitative estimate of drug-likeness (QED) is 0.491. The smallest absolute Gasteiger partial charge is 0.408 e. The fourth-order valence-corrected chi connectivity index (χ4v) is 5.60. The van der Waals surface area contributed by atoms with Gasteiger partial charge in [0.05, 0.1) is 0 Å². The van der Waals surface area contributed by atoms with Gasteiger partial charge in [-0.05, 0) is 31.2 Å². The Hall–Kier alpha value is -2.02. The van der Waals surface area contributed by atoms with Gasteiger partial charge in [0.25, 0.3) is 0 Å². The third kappa shape index (κ3) is 4.04. The average molecular weight is 431 g/mol. The molecule has 2 fully saturated rings. The minimum atomic E-state index is -1.12. The summed E-state index contributed by atoms with van der Waals surface area (Å²) < 4.78 is 6.66. The van der Waals surface area contributed by atoms with E-state index in [1.807, 2.05) is 0 Å². The van der Waals surface area contributed by atoms with Crippen molar-refractivity contribution in [3.63, 3.8) is 0 Å². The van der Waals surface area contributed by atoms with Crippen LogP contribution in [0.2, 0.25) is 0 Å². The highest BCUT2D eigenvalue weighted by atomic mass is 32.2. The molecule has 0 saturated carbocycles. The number of carbonyl (C=O) groups excluding carboxylic acids is 2. The third-order valence-corrected chi connectivity index (χ3v) is 7.22. The van der Waals surface area contributed by atoms with Crippen LogP contribution in [0, 0.1) is 5.41 Å². The molecule has 2 aliphatic rings. The van der Waals surface area contributed by atoms with E-state index in [1.54, 1.807) is 27.8 Å². The Morgan fingerprint density at radius 3 is 2.75 bits per heavy atom. The molecule has 3 heterocycles. The van der Waals surface area contributed by atoms with Gasteiger partial charge >= 0.3 is 12.1 Å². The topological polar surface area (TPSA) is 140 Å². The molecule has 2 aliphatic heterocycles. The summed E-state index contributed by atoms with van der Waals surface area (Å²) in [6.07, 6.45) is -0.661. The van der Waals surface area contributed by atoms with Crippen LogP contribution in [0.4, 0.5) is 4.79 Å². The van der Waals surface area contributed by atoms with Gasteiger partial charge in [-0.3, -0.25) is 9.59 Å². The summed E-state index contributed by atoms with van der Waals surface area (Å²) in [5.74, 6) is -0.748. The van der Waals surface area contributed by atoms with E-state index in [2.05, 4.69) is 20.8 Å². The monoisotopic (exact) mass is 430 g/mol. The minimum Gasteiger partial charge on any atom is -0.481 e. The second-order valence-electron chi connectivity index (χ2n) is 7.75. The largest absolute Gasteiger partial charge is 0.481 e. The van der Waals surface area contributed by atoms with Gasteiger partial charge in [-0.25, -0.2) is 9.48 Å². The van der Waals surface area contributed by atoms with Crippen molar-refractivity contribution in [2.75, 3.05) is 18.1 Å². The zero-order chi connectivity index (χ0) is 20.7. The maximum absolute atomic E-state index is 12.5. The molecule has 3 atom stereocenters. The van der Waals surface area contributed by atoms with Crippen LogP contribution < -0.4 is 5.32 Å². The Kier molecular flexibility index (Phi) is 5.49. The molecule has 0 aliphatic carbocycles. The van der Waals surface area contributed by atoms with E-state index in [1.165, 1.54) is 33.1 Å². The van der Waals surface area contributed by atoms with Gasteiger partial charge in [0.2, 0.25) is 11.1 Å². The van der Waals surface area contributed by atoms with Gasteiger partial charge in [-0.2, -0.15) is 0 Å². The Bertz CT molecular complexity index is 796. The summed E-state index contributed by atoms with van der Waals surface area (Å²) in [6, 6.07) is -0.706. The normalized spacial score (nSPS) is 27.0. The number of fused-ring (bicyclic) bond motifs is 1. The number of alkyl carbamates (subject to hydrolysis) is 1.